The summed E-state index contributed by atoms with van der Waals surface area (Å²) < 4.78 is 10.0. The quantitative estimate of drug-likeness (QED) is 0.624. The van der Waals surface area contributed by atoms with Gasteiger partial charge in [0.15, 0.2) is 5.76 Å². The lowest BCUT2D eigenvalue weighted by molar-refractivity contribution is -0.120. The molecule has 2 rings (SSSR count). The Labute approximate surface area is 121 Å². The van der Waals surface area contributed by atoms with Crippen LogP contribution in [0, 0.1) is 0 Å². The number of amides is 2. The number of hydrogen-bond acceptors (Lipinski definition) is 5. The predicted molar refractivity (Wildman–Crippen MR) is 74.5 cm³/mol. The van der Waals surface area contributed by atoms with Crippen LogP contribution >= 0.6 is 0 Å². The Bertz CT molecular complexity index is 615. The molecule has 21 heavy (non-hydrogen) atoms. The lowest BCUT2D eigenvalue weighted by Crippen LogP contribution is -2.26. The number of carbonyl (C=O) groups excluding carboxylic acids is 2. The van der Waals surface area contributed by atoms with Crippen LogP contribution in [0.15, 0.2) is 50.7 Å². The second kappa shape index (κ2) is 7.09. The van der Waals surface area contributed by atoms with Crippen molar-refractivity contribution in [1.29, 1.82) is 0 Å². The summed E-state index contributed by atoms with van der Waals surface area (Å²) in [4.78, 5) is 23.2. The number of carbonyl (C=O) groups is 2. The van der Waals surface area contributed by atoms with Gasteiger partial charge in [-0.3, -0.25) is 9.59 Å². The first-order valence-electron chi connectivity index (χ1n) is 6.31. The monoisotopic (exact) mass is 289 g/mol. The van der Waals surface area contributed by atoms with Gasteiger partial charge < -0.3 is 14.2 Å². The molecule has 2 N–H and O–H groups in total. The fraction of sp³-hybridized carbons (Fsp3) is 0.214. The van der Waals surface area contributed by atoms with Crippen LogP contribution in [0.2, 0.25) is 0 Å². The summed E-state index contributed by atoms with van der Waals surface area (Å²) in [7, 11) is 0. The minimum absolute atomic E-state index is 0.0825. The summed E-state index contributed by atoms with van der Waals surface area (Å²) in [5, 5.41) is 6.52. The molecular weight excluding hydrogens is 274 g/mol. The molecule has 0 fully saturated rings. The molecule has 0 atom stereocenters. The average molecular weight is 289 g/mol. The number of hydrazone groups is 1. The normalized spacial score (nSPS) is 11.2. The summed E-state index contributed by atoms with van der Waals surface area (Å²) in [5.41, 5.74) is 2.80. The van der Waals surface area contributed by atoms with E-state index in [-0.39, 0.29) is 18.1 Å². The van der Waals surface area contributed by atoms with Gasteiger partial charge in [0.25, 0.3) is 0 Å². The molecule has 0 saturated carbocycles. The summed E-state index contributed by atoms with van der Waals surface area (Å²) in [6.07, 6.45) is 3.02. The molecule has 0 aromatic carbocycles. The highest BCUT2D eigenvalue weighted by molar-refractivity contribution is 6.00. The summed E-state index contributed by atoms with van der Waals surface area (Å²) in [6, 6.07) is 6.65. The first-order valence-corrected chi connectivity index (χ1v) is 6.31. The van der Waals surface area contributed by atoms with Crippen molar-refractivity contribution in [2.24, 2.45) is 5.10 Å². The minimum Gasteiger partial charge on any atom is -0.467 e. The molecule has 0 saturated heterocycles. The van der Waals surface area contributed by atoms with E-state index in [1.54, 1.807) is 31.4 Å². The molecule has 0 spiro atoms. The molecule has 0 aliphatic carbocycles. The van der Waals surface area contributed by atoms with Crippen LogP contribution in [-0.2, 0) is 11.3 Å². The number of rotatable bonds is 6. The standard InChI is InChI=1S/C14H15N3O4/c1-10(16-17-14(19)12-5-3-7-21-12)8-13(18)15-9-11-4-2-6-20-11/h2-7H,8-9H2,1H3,(H,15,18)(H,17,19)/b16-10-. The third-order valence-corrected chi connectivity index (χ3v) is 2.55. The molecule has 2 amide bonds. The maximum Gasteiger partial charge on any atom is 0.307 e. The van der Waals surface area contributed by atoms with E-state index in [1.807, 2.05) is 0 Å². The van der Waals surface area contributed by atoms with Crippen molar-refractivity contribution in [2.45, 2.75) is 19.9 Å². The van der Waals surface area contributed by atoms with Crippen LogP contribution in [0.4, 0.5) is 0 Å². The van der Waals surface area contributed by atoms with Crippen LogP contribution in [0.1, 0.15) is 29.7 Å². The molecule has 0 bridgehead atoms. The molecule has 2 aromatic heterocycles. The Morgan fingerprint density at radius 3 is 2.62 bits per heavy atom. The second-order valence-electron chi connectivity index (χ2n) is 4.30. The SMILES string of the molecule is C/C(CC(=O)NCc1ccco1)=N/NC(=O)c1ccco1. The Balaban J connectivity index is 1.75. The number of hydrogen-bond donors (Lipinski definition) is 2. The first kappa shape index (κ1) is 14.6. The number of nitrogens with zero attached hydrogens (tertiary/aromatic N) is 1. The average Bonchev–Trinajstić information content (AvgIpc) is 3.15. The number of furan rings is 2. The van der Waals surface area contributed by atoms with Gasteiger partial charge in [0.05, 0.1) is 25.5 Å². The topological polar surface area (TPSA) is 96.8 Å². The van der Waals surface area contributed by atoms with E-state index in [2.05, 4.69) is 15.8 Å². The second-order valence-corrected chi connectivity index (χ2v) is 4.30. The van der Waals surface area contributed by atoms with E-state index in [0.717, 1.165) is 0 Å². The third kappa shape index (κ3) is 4.64. The highest BCUT2D eigenvalue weighted by atomic mass is 16.3. The van der Waals surface area contributed by atoms with Gasteiger partial charge in [-0.25, -0.2) is 5.43 Å². The van der Waals surface area contributed by atoms with E-state index >= 15 is 0 Å². The zero-order chi connectivity index (χ0) is 15.1. The molecule has 2 heterocycles. The fourth-order valence-electron chi connectivity index (χ4n) is 1.54. The number of nitrogens with one attached hydrogen (secondary N) is 2. The molecule has 0 unspecified atom stereocenters. The Morgan fingerprint density at radius 2 is 1.95 bits per heavy atom. The third-order valence-electron chi connectivity index (χ3n) is 2.55. The van der Waals surface area contributed by atoms with Gasteiger partial charge in [-0.1, -0.05) is 0 Å². The largest absolute Gasteiger partial charge is 0.467 e. The van der Waals surface area contributed by atoms with E-state index in [9.17, 15) is 9.59 Å². The van der Waals surface area contributed by atoms with Crippen LogP contribution in [0.5, 0.6) is 0 Å². The van der Waals surface area contributed by atoms with Gasteiger partial charge in [0, 0.05) is 5.71 Å². The molecule has 2 aromatic rings. The lowest BCUT2D eigenvalue weighted by atomic mass is 10.3. The molecule has 7 heteroatoms. The van der Waals surface area contributed by atoms with E-state index in [1.165, 1.54) is 12.3 Å². The molecular formula is C14H15N3O4. The summed E-state index contributed by atoms with van der Waals surface area (Å²) in [6.45, 7) is 1.97. The zero-order valence-electron chi connectivity index (χ0n) is 11.5. The van der Waals surface area contributed by atoms with Crippen LogP contribution in [0.25, 0.3) is 0 Å². The van der Waals surface area contributed by atoms with Crippen molar-refractivity contribution in [2.75, 3.05) is 0 Å². The Hall–Kier alpha value is -2.83. The van der Waals surface area contributed by atoms with Crippen molar-refractivity contribution in [3.63, 3.8) is 0 Å². The Morgan fingerprint density at radius 1 is 1.19 bits per heavy atom. The highest BCUT2D eigenvalue weighted by Gasteiger charge is 2.08. The maximum absolute atomic E-state index is 11.7. The van der Waals surface area contributed by atoms with Gasteiger partial charge in [-0.2, -0.15) is 5.10 Å². The summed E-state index contributed by atoms with van der Waals surface area (Å²) in [5.74, 6) is 0.160. The molecule has 7 nitrogen and oxygen atoms in total. The van der Waals surface area contributed by atoms with Crippen molar-refractivity contribution >= 4 is 17.5 Å². The molecule has 110 valence electrons. The minimum atomic E-state index is -0.463. The smallest absolute Gasteiger partial charge is 0.307 e. The molecule has 0 radical (unpaired) electrons. The van der Waals surface area contributed by atoms with E-state index < -0.39 is 5.91 Å². The van der Waals surface area contributed by atoms with Crippen molar-refractivity contribution in [3.05, 3.63) is 48.3 Å². The van der Waals surface area contributed by atoms with Crippen LogP contribution in [0.3, 0.4) is 0 Å². The van der Waals surface area contributed by atoms with E-state index in [0.29, 0.717) is 18.0 Å². The Kier molecular flexibility index (Phi) is 4.92. The van der Waals surface area contributed by atoms with Crippen molar-refractivity contribution < 1.29 is 18.4 Å². The summed E-state index contributed by atoms with van der Waals surface area (Å²) >= 11 is 0. The van der Waals surface area contributed by atoms with Crippen molar-refractivity contribution in [1.82, 2.24) is 10.7 Å². The van der Waals surface area contributed by atoms with Gasteiger partial charge >= 0.3 is 5.91 Å². The van der Waals surface area contributed by atoms with Gasteiger partial charge in [-0.15, -0.1) is 0 Å². The maximum atomic E-state index is 11.7. The van der Waals surface area contributed by atoms with Gasteiger partial charge in [0.2, 0.25) is 5.91 Å². The van der Waals surface area contributed by atoms with Crippen LogP contribution < -0.4 is 10.7 Å². The first-order chi connectivity index (χ1) is 10.1. The van der Waals surface area contributed by atoms with Crippen LogP contribution in [-0.4, -0.2) is 17.5 Å². The fourth-order valence-corrected chi connectivity index (χ4v) is 1.54. The lowest BCUT2D eigenvalue weighted by Gasteiger charge is -2.03. The van der Waals surface area contributed by atoms with Gasteiger partial charge in [0.1, 0.15) is 5.76 Å². The zero-order valence-corrected chi connectivity index (χ0v) is 11.5. The highest BCUT2D eigenvalue weighted by Crippen LogP contribution is 2.00. The molecule has 0 aliphatic heterocycles. The van der Waals surface area contributed by atoms with Gasteiger partial charge in [-0.05, 0) is 31.2 Å². The van der Waals surface area contributed by atoms with E-state index in [4.69, 9.17) is 8.83 Å². The van der Waals surface area contributed by atoms with Crippen molar-refractivity contribution in [3.8, 4) is 0 Å². The predicted octanol–water partition coefficient (Wildman–Crippen LogP) is 1.68. The molecule has 0 aliphatic rings.